The van der Waals surface area contributed by atoms with Gasteiger partial charge >= 0.3 is 17.1 Å². The molecule has 0 bridgehead atoms. The molecule has 3 aromatic heterocycles. The number of aromatic nitrogens is 5. The number of hydrogen-bond donors (Lipinski definition) is 3. The molecular weight excluding hydrogens is 538 g/mol. The number of rotatable bonds is 3. The largest absolute Gasteiger partial charge is 2.00 e. The smallest absolute Gasteiger partial charge is 0.314 e. The van der Waals surface area contributed by atoms with E-state index in [0.29, 0.717) is 6.54 Å². The van der Waals surface area contributed by atoms with E-state index in [2.05, 4.69) is 36.1 Å². The number of non-ortho nitro benzene ring substituents is 1. The summed E-state index contributed by atoms with van der Waals surface area (Å²) >= 11 is 0. The second-order valence-electron chi connectivity index (χ2n) is 8.18. The summed E-state index contributed by atoms with van der Waals surface area (Å²) in [5.74, 6) is 0. The molecule has 39 heavy (non-hydrogen) atoms. The third-order valence-electron chi connectivity index (χ3n) is 5.00. The van der Waals surface area contributed by atoms with Gasteiger partial charge in [-0.05, 0) is 43.7 Å². The van der Waals surface area contributed by atoms with Crippen molar-refractivity contribution < 1.29 is 22.0 Å². The zero-order valence-corrected chi connectivity index (χ0v) is 23.5. The number of nitrogens with zero attached hydrogens (tertiary/aromatic N) is 6. The minimum absolute atomic E-state index is 0. The Bertz CT molecular complexity index is 1050. The SMILES string of the molecule is C1CNCCNCCN1.Cc1ccccn1.Cc1ccccn1.O=[N+]([O-])c1ccc(Cn2nccn2)cc1.[Fe+2]. The van der Waals surface area contributed by atoms with Crippen molar-refractivity contribution in [2.75, 3.05) is 39.3 Å². The van der Waals surface area contributed by atoms with Gasteiger partial charge < -0.3 is 16.0 Å². The molecule has 5 rings (SSSR count). The fourth-order valence-electron chi connectivity index (χ4n) is 3.01. The molecule has 4 heterocycles. The van der Waals surface area contributed by atoms with Gasteiger partial charge in [0.2, 0.25) is 0 Å². The van der Waals surface area contributed by atoms with Crippen LogP contribution < -0.4 is 16.0 Å². The van der Waals surface area contributed by atoms with E-state index >= 15 is 0 Å². The molecule has 0 amide bonds. The van der Waals surface area contributed by atoms with Crippen molar-refractivity contribution in [1.82, 2.24) is 40.9 Å². The molecule has 0 aliphatic carbocycles. The van der Waals surface area contributed by atoms with E-state index in [1.807, 2.05) is 50.2 Å². The van der Waals surface area contributed by atoms with Gasteiger partial charge in [-0.1, -0.05) is 24.3 Å². The summed E-state index contributed by atoms with van der Waals surface area (Å²) in [5, 5.41) is 28.2. The average molecular weight is 575 g/mol. The number of benzene rings is 1. The van der Waals surface area contributed by atoms with Crippen molar-refractivity contribution in [2.45, 2.75) is 20.4 Å². The normalized spacial score (nSPS) is 12.6. The molecule has 1 saturated heterocycles. The van der Waals surface area contributed by atoms with Crippen LogP contribution in [0.4, 0.5) is 5.69 Å². The predicted molar refractivity (Wildman–Crippen MR) is 149 cm³/mol. The number of nitro groups is 1. The first kappa shape index (κ1) is 33.5. The molecule has 208 valence electrons. The Morgan fingerprint density at radius 3 is 1.46 bits per heavy atom. The van der Waals surface area contributed by atoms with E-state index in [0.717, 1.165) is 56.2 Å². The van der Waals surface area contributed by atoms with E-state index in [1.165, 1.54) is 16.9 Å². The van der Waals surface area contributed by atoms with Crippen LogP contribution in [0.3, 0.4) is 0 Å². The molecular formula is C27H37FeN9O2+2. The number of nitrogens with one attached hydrogen (secondary N) is 3. The van der Waals surface area contributed by atoms with Crippen molar-refractivity contribution in [3.63, 3.8) is 0 Å². The van der Waals surface area contributed by atoms with Crippen molar-refractivity contribution in [3.05, 3.63) is 113 Å². The second kappa shape index (κ2) is 21.4. The van der Waals surface area contributed by atoms with Crippen LogP contribution in [0.5, 0.6) is 0 Å². The van der Waals surface area contributed by atoms with E-state index in [1.54, 1.807) is 36.9 Å². The molecule has 3 N–H and O–H groups in total. The van der Waals surface area contributed by atoms with Gasteiger partial charge in [-0.25, -0.2) is 0 Å². The predicted octanol–water partition coefficient (Wildman–Crippen LogP) is 2.78. The number of hydrogen-bond acceptors (Lipinski definition) is 9. The Labute approximate surface area is 240 Å². The van der Waals surface area contributed by atoms with Crippen LogP contribution in [-0.4, -0.2) is 69.2 Å². The van der Waals surface area contributed by atoms with E-state index < -0.39 is 4.92 Å². The van der Waals surface area contributed by atoms with Crippen molar-refractivity contribution in [3.8, 4) is 0 Å². The Hall–Kier alpha value is -3.54. The summed E-state index contributed by atoms with van der Waals surface area (Å²) in [4.78, 5) is 19.5. The molecule has 1 aliphatic rings. The number of pyridine rings is 2. The topological polar surface area (TPSA) is 136 Å². The Morgan fingerprint density at radius 2 is 1.15 bits per heavy atom. The van der Waals surface area contributed by atoms with E-state index in [9.17, 15) is 10.1 Å². The Morgan fingerprint density at radius 1 is 0.718 bits per heavy atom. The third-order valence-corrected chi connectivity index (χ3v) is 5.00. The summed E-state index contributed by atoms with van der Waals surface area (Å²) < 4.78 is 0. The Balaban J connectivity index is 0.000000274. The van der Waals surface area contributed by atoms with Crippen LogP contribution in [0.15, 0.2) is 85.5 Å². The first-order valence-electron chi connectivity index (χ1n) is 12.5. The molecule has 1 aliphatic heterocycles. The maximum atomic E-state index is 10.4. The fourth-order valence-corrected chi connectivity index (χ4v) is 3.01. The van der Waals surface area contributed by atoms with Gasteiger partial charge in [0.15, 0.2) is 0 Å². The monoisotopic (exact) mass is 575 g/mol. The molecule has 0 unspecified atom stereocenters. The minimum Gasteiger partial charge on any atom is -0.314 e. The van der Waals surface area contributed by atoms with E-state index in [4.69, 9.17) is 0 Å². The van der Waals surface area contributed by atoms with Crippen LogP contribution in [-0.2, 0) is 23.6 Å². The van der Waals surface area contributed by atoms with Crippen LogP contribution >= 0.6 is 0 Å². The minimum atomic E-state index is -0.421. The zero-order chi connectivity index (χ0) is 27.3. The van der Waals surface area contributed by atoms with E-state index in [-0.39, 0.29) is 22.8 Å². The second-order valence-corrected chi connectivity index (χ2v) is 8.18. The van der Waals surface area contributed by atoms with Gasteiger partial charge in [0.1, 0.15) is 0 Å². The van der Waals surface area contributed by atoms with Gasteiger partial charge in [-0.2, -0.15) is 15.0 Å². The van der Waals surface area contributed by atoms with Crippen molar-refractivity contribution >= 4 is 5.69 Å². The summed E-state index contributed by atoms with van der Waals surface area (Å²) in [7, 11) is 0. The molecule has 0 saturated carbocycles. The van der Waals surface area contributed by atoms with Crippen molar-refractivity contribution in [1.29, 1.82) is 0 Å². The maximum Gasteiger partial charge on any atom is 2.00 e. The van der Waals surface area contributed by atoms with Crippen LogP contribution in [0.2, 0.25) is 0 Å². The van der Waals surface area contributed by atoms with Crippen LogP contribution in [0.1, 0.15) is 17.0 Å². The molecule has 4 aromatic rings. The van der Waals surface area contributed by atoms with Gasteiger partial charge in [0.25, 0.3) is 5.69 Å². The molecule has 0 radical (unpaired) electrons. The fraction of sp³-hybridized carbons (Fsp3) is 0.333. The molecule has 1 aromatic carbocycles. The van der Waals surface area contributed by atoms with Gasteiger partial charge in [0.05, 0.1) is 23.9 Å². The first-order chi connectivity index (χ1) is 18.5. The summed E-state index contributed by atoms with van der Waals surface area (Å²) in [6.45, 7) is 11.1. The summed E-state index contributed by atoms with van der Waals surface area (Å²) in [6.07, 6.45) is 6.75. The number of nitro benzene ring substituents is 1. The molecule has 12 heteroatoms. The van der Waals surface area contributed by atoms with Gasteiger partial charge in [-0.15, -0.1) is 0 Å². The van der Waals surface area contributed by atoms with Gasteiger partial charge in [-0.3, -0.25) is 20.1 Å². The first-order valence-corrected chi connectivity index (χ1v) is 12.5. The molecule has 0 atom stereocenters. The standard InChI is InChI=1S/C9H8N4O2.C6H15N3.2C6H7N.Fe/c14-13(15)9-3-1-8(2-4-9)7-12-10-5-6-11-12;1-2-8-5-6-9-4-3-7-1;2*1-6-4-2-3-5-7-6;/h1-6H,7H2;7-9H,1-6H2;2*2-5H,1H3;/q;;;;+2. The Kier molecular flexibility index (Phi) is 18.4. The third kappa shape index (κ3) is 16.8. The maximum absolute atomic E-state index is 10.4. The molecule has 0 spiro atoms. The quantitative estimate of drug-likeness (QED) is 0.191. The average Bonchev–Trinajstić information content (AvgIpc) is 3.49. The van der Waals surface area contributed by atoms with Crippen molar-refractivity contribution in [2.24, 2.45) is 0 Å². The van der Waals surface area contributed by atoms with Gasteiger partial charge in [0, 0.05) is 75.2 Å². The summed E-state index contributed by atoms with van der Waals surface area (Å²) in [6, 6.07) is 18.0. The molecule has 11 nitrogen and oxygen atoms in total. The van der Waals surface area contributed by atoms with Crippen LogP contribution in [0, 0.1) is 24.0 Å². The molecule has 1 fully saturated rings. The summed E-state index contributed by atoms with van der Waals surface area (Å²) in [5.41, 5.74) is 3.16. The number of aryl methyl sites for hydroxylation is 2. The zero-order valence-electron chi connectivity index (χ0n) is 22.4. The van der Waals surface area contributed by atoms with Crippen LogP contribution in [0.25, 0.3) is 0 Å².